The predicted octanol–water partition coefficient (Wildman–Crippen LogP) is 5.04. The number of hydrogen-bond acceptors (Lipinski definition) is 13. The zero-order valence-corrected chi connectivity index (χ0v) is 37.8. The van der Waals surface area contributed by atoms with E-state index in [0.29, 0.717) is 12.8 Å². The molecular weight excluding hydrogens is 811 g/mol. The van der Waals surface area contributed by atoms with Crippen molar-refractivity contribution >= 4 is 5.91 Å². The number of amides is 1. The molecule has 14 nitrogen and oxygen atoms in total. The summed E-state index contributed by atoms with van der Waals surface area (Å²) < 4.78 is 22.5. The first-order chi connectivity index (χ1) is 30.6. The molecule has 63 heavy (non-hydrogen) atoms. The maximum atomic E-state index is 13.0. The van der Waals surface area contributed by atoms with Gasteiger partial charge in [-0.05, 0) is 70.6 Å². The number of aliphatic hydroxyl groups excluding tert-OH is 8. The number of carbonyl (C=O) groups excluding carboxylic acids is 1. The van der Waals surface area contributed by atoms with Crippen molar-refractivity contribution in [3.63, 3.8) is 0 Å². The van der Waals surface area contributed by atoms with Gasteiger partial charge < -0.3 is 65.1 Å². The van der Waals surface area contributed by atoms with E-state index in [4.69, 9.17) is 18.9 Å². The number of aliphatic hydroxyl groups is 8. The van der Waals surface area contributed by atoms with Gasteiger partial charge in [0.15, 0.2) is 12.6 Å². The zero-order valence-electron chi connectivity index (χ0n) is 37.8. The predicted molar refractivity (Wildman–Crippen MR) is 244 cm³/mol. The topological polar surface area (TPSA) is 228 Å². The van der Waals surface area contributed by atoms with E-state index in [1.165, 1.54) is 0 Å². The Bertz CT molecular complexity index is 1380. The molecule has 0 aromatic heterocycles. The molecule has 2 aliphatic rings. The maximum absolute atomic E-state index is 13.0. The first kappa shape index (κ1) is 56.3. The van der Waals surface area contributed by atoms with Crippen LogP contribution in [0.1, 0.15) is 123 Å². The van der Waals surface area contributed by atoms with Gasteiger partial charge in [0.1, 0.15) is 48.8 Å². The molecule has 0 bridgehead atoms. The van der Waals surface area contributed by atoms with Crippen molar-refractivity contribution in [3.8, 4) is 0 Å². The van der Waals surface area contributed by atoms with Gasteiger partial charge in [0.2, 0.25) is 5.91 Å². The number of rotatable bonds is 33. The molecule has 0 spiro atoms. The number of unbranched alkanes of at least 4 members (excludes halogenated alkanes) is 6. The Morgan fingerprint density at radius 1 is 0.587 bits per heavy atom. The van der Waals surface area contributed by atoms with Crippen LogP contribution in [-0.2, 0) is 23.7 Å². The Hall–Kier alpha value is -2.83. The minimum Gasteiger partial charge on any atom is -0.394 e. The van der Waals surface area contributed by atoms with Crippen LogP contribution < -0.4 is 5.32 Å². The average Bonchev–Trinajstić information content (AvgIpc) is 3.28. The van der Waals surface area contributed by atoms with Crippen molar-refractivity contribution in [2.75, 3.05) is 19.8 Å². The summed E-state index contributed by atoms with van der Waals surface area (Å²) in [4.78, 5) is 13.0. The molecular formula is C49H81NO13. The number of hydrogen-bond donors (Lipinski definition) is 9. The molecule has 2 aliphatic heterocycles. The van der Waals surface area contributed by atoms with Gasteiger partial charge in [0, 0.05) is 6.42 Å². The van der Waals surface area contributed by atoms with Gasteiger partial charge in [-0.25, -0.2) is 0 Å². The van der Waals surface area contributed by atoms with E-state index in [2.05, 4.69) is 104 Å². The van der Waals surface area contributed by atoms with Crippen molar-refractivity contribution in [1.29, 1.82) is 0 Å². The van der Waals surface area contributed by atoms with E-state index < -0.39 is 86.8 Å². The molecule has 0 radical (unpaired) electrons. The smallest absolute Gasteiger partial charge is 0.220 e. The highest BCUT2D eigenvalue weighted by molar-refractivity contribution is 5.76. The van der Waals surface area contributed by atoms with Crippen molar-refractivity contribution in [1.82, 2.24) is 5.32 Å². The van der Waals surface area contributed by atoms with Gasteiger partial charge in [-0.3, -0.25) is 4.79 Å². The monoisotopic (exact) mass is 892 g/mol. The Kier molecular flexibility index (Phi) is 31.7. The summed E-state index contributed by atoms with van der Waals surface area (Å²) in [5.41, 5.74) is 0. The first-order valence-electron chi connectivity index (χ1n) is 23.3. The third-order valence-electron chi connectivity index (χ3n) is 10.9. The van der Waals surface area contributed by atoms with Crippen molar-refractivity contribution < 1.29 is 64.6 Å². The molecule has 360 valence electrons. The fraction of sp³-hybridized carbons (Fsp3) is 0.694. The third-order valence-corrected chi connectivity index (χ3v) is 10.9. The van der Waals surface area contributed by atoms with Crippen LogP contribution in [0.25, 0.3) is 0 Å². The molecule has 0 aromatic carbocycles. The first-order valence-corrected chi connectivity index (χ1v) is 23.3. The fourth-order valence-corrected chi connectivity index (χ4v) is 7.04. The number of carbonyl (C=O) groups is 1. The Morgan fingerprint density at radius 2 is 1.10 bits per heavy atom. The summed E-state index contributed by atoms with van der Waals surface area (Å²) in [5.74, 6) is -0.254. The lowest BCUT2D eigenvalue weighted by atomic mass is 9.97. The van der Waals surface area contributed by atoms with Crippen molar-refractivity contribution in [3.05, 3.63) is 85.1 Å². The summed E-state index contributed by atoms with van der Waals surface area (Å²) in [6.07, 6.45) is 28.2. The molecule has 14 heteroatoms. The molecule has 2 saturated heterocycles. The minimum atomic E-state index is -1.79. The Morgan fingerprint density at radius 3 is 1.63 bits per heavy atom. The van der Waals surface area contributed by atoms with E-state index in [1.54, 1.807) is 0 Å². The molecule has 12 atom stereocenters. The summed E-state index contributed by atoms with van der Waals surface area (Å²) in [7, 11) is 0. The summed E-state index contributed by atoms with van der Waals surface area (Å²) >= 11 is 0. The standard InChI is InChI=1S/C49H81NO13/c1-3-5-7-9-10-11-12-13-14-15-16-17-18-19-20-21-22-23-24-25-26-27-28-29-31-33-41(54)50-37(38(53)32-30-8-6-4-2)36-60-48-46(59)44(57)47(40(35-52)62-48)63-49-45(58)43(56)42(55)39(34-51)61-49/h5,7,10-11,13-14,16-17,19-20,22-23,25-26,37-40,42-49,51-53,55-59H,3-4,6,8-9,12,15,18,21,24,27-36H2,1-2H3,(H,50,54)/b7-5-,11-10-,14-13-,17-16-,20-19-,23-22-,26-25-. The molecule has 2 heterocycles. The maximum Gasteiger partial charge on any atom is 0.220 e. The Balaban J connectivity index is 1.72. The molecule has 0 aliphatic carbocycles. The lowest BCUT2D eigenvalue weighted by Crippen LogP contribution is -2.65. The second-order valence-corrected chi connectivity index (χ2v) is 16.2. The molecule has 0 aromatic rings. The normalized spacial score (nSPS) is 28.3. The van der Waals surface area contributed by atoms with Gasteiger partial charge >= 0.3 is 0 Å². The SMILES string of the molecule is CC/C=C\C/C=C\C/C=C\C/C=C\C/C=C\C/C=C\C/C=C\CCCCCC(=O)NC(COC1OC(CO)C(OC2OC(CO)C(O)C(O)C2O)C(O)C1O)C(O)CCCCCC. The van der Waals surface area contributed by atoms with Crippen LogP contribution in [0.5, 0.6) is 0 Å². The highest BCUT2D eigenvalue weighted by atomic mass is 16.7. The second-order valence-electron chi connectivity index (χ2n) is 16.2. The van der Waals surface area contributed by atoms with Crippen LogP contribution in [0.2, 0.25) is 0 Å². The summed E-state index contributed by atoms with van der Waals surface area (Å²) in [6, 6.07) is -0.848. The van der Waals surface area contributed by atoms with E-state index in [9.17, 15) is 45.6 Å². The van der Waals surface area contributed by atoms with Crippen molar-refractivity contribution in [2.24, 2.45) is 0 Å². The largest absolute Gasteiger partial charge is 0.394 e. The van der Waals surface area contributed by atoms with E-state index in [0.717, 1.165) is 89.9 Å². The quantitative estimate of drug-likeness (QED) is 0.0312. The highest BCUT2D eigenvalue weighted by Gasteiger charge is 2.51. The number of allylic oxidation sites excluding steroid dienone is 14. The van der Waals surface area contributed by atoms with Gasteiger partial charge in [-0.15, -0.1) is 0 Å². The minimum absolute atomic E-state index is 0.254. The van der Waals surface area contributed by atoms with E-state index >= 15 is 0 Å². The number of nitrogens with one attached hydrogen (secondary N) is 1. The molecule has 2 rings (SSSR count). The number of ether oxygens (including phenoxy) is 4. The van der Waals surface area contributed by atoms with Crippen LogP contribution in [0, 0.1) is 0 Å². The van der Waals surface area contributed by atoms with Gasteiger partial charge in [0.05, 0.1) is 32.0 Å². The highest BCUT2D eigenvalue weighted by Crippen LogP contribution is 2.30. The van der Waals surface area contributed by atoms with Gasteiger partial charge in [0.25, 0.3) is 0 Å². The second kappa shape index (κ2) is 35.4. The molecule has 9 N–H and O–H groups in total. The lowest BCUT2D eigenvalue weighted by Gasteiger charge is -2.46. The van der Waals surface area contributed by atoms with Gasteiger partial charge in [-0.2, -0.15) is 0 Å². The average molecular weight is 892 g/mol. The van der Waals surface area contributed by atoms with Crippen LogP contribution in [0.15, 0.2) is 85.1 Å². The zero-order chi connectivity index (χ0) is 46.1. The Labute approximate surface area is 376 Å². The van der Waals surface area contributed by atoms with Crippen molar-refractivity contribution in [2.45, 2.75) is 197 Å². The third kappa shape index (κ3) is 23.3. The van der Waals surface area contributed by atoms with Crippen LogP contribution >= 0.6 is 0 Å². The lowest BCUT2D eigenvalue weighted by molar-refractivity contribution is -0.359. The molecule has 2 fully saturated rings. The molecule has 0 saturated carbocycles. The van der Waals surface area contributed by atoms with E-state index in [1.807, 2.05) is 0 Å². The van der Waals surface area contributed by atoms with Gasteiger partial charge in [-0.1, -0.05) is 131 Å². The van der Waals surface area contributed by atoms with Crippen LogP contribution in [-0.4, -0.2) is 140 Å². The summed E-state index contributed by atoms with van der Waals surface area (Å²) in [5, 5.41) is 86.0. The van der Waals surface area contributed by atoms with Crippen LogP contribution in [0.4, 0.5) is 0 Å². The molecule has 12 unspecified atom stereocenters. The molecule has 1 amide bonds. The van der Waals surface area contributed by atoms with E-state index in [-0.39, 0.29) is 18.9 Å². The fourth-order valence-electron chi connectivity index (χ4n) is 7.04. The summed E-state index contributed by atoms with van der Waals surface area (Å²) in [6.45, 7) is 2.53. The van der Waals surface area contributed by atoms with Crippen LogP contribution in [0.3, 0.4) is 0 Å².